The van der Waals surface area contributed by atoms with Gasteiger partial charge in [-0.25, -0.2) is 4.99 Å². The number of rotatable bonds is 7. The normalized spacial score (nSPS) is 13.6. The molecule has 0 aliphatic carbocycles. The minimum Gasteiger partial charge on any atom is -0.359 e. The first-order valence-corrected chi connectivity index (χ1v) is 24.4. The summed E-state index contributed by atoms with van der Waals surface area (Å²) in [7, 11) is 0. The lowest BCUT2D eigenvalue weighted by atomic mass is 9.95. The second kappa shape index (κ2) is 16.7. The fourth-order valence-corrected chi connectivity index (χ4v) is 11.2. The van der Waals surface area contributed by atoms with E-state index in [1.54, 1.807) is 0 Å². The van der Waals surface area contributed by atoms with Crippen LogP contribution in [0.15, 0.2) is 242 Å². The molecule has 14 rings (SSSR count). The van der Waals surface area contributed by atoms with Gasteiger partial charge in [-0.3, -0.25) is 0 Å². The molecule has 3 aromatic heterocycles. The molecule has 7 nitrogen and oxygen atoms in total. The molecule has 0 radical (unpaired) electrons. The first-order chi connectivity index (χ1) is 36.1. The second-order valence-electron chi connectivity index (χ2n) is 18.6. The van der Waals surface area contributed by atoms with Gasteiger partial charge in [0.1, 0.15) is 11.9 Å². The van der Waals surface area contributed by atoms with Crippen LogP contribution in [0.3, 0.4) is 0 Å². The molecule has 1 N–H and O–H groups in total. The average Bonchev–Trinajstić information content (AvgIpc) is 4.10. The monoisotopic (exact) mass is 931 g/mol. The molecule has 10 aromatic carbocycles. The number of aromatic nitrogens is 3. The van der Waals surface area contributed by atoms with E-state index in [9.17, 15) is 10.5 Å². The fourth-order valence-electron chi connectivity index (χ4n) is 11.2. The molecule has 1 aliphatic rings. The summed E-state index contributed by atoms with van der Waals surface area (Å²) in [5.74, 6) is 0.799. The number of para-hydroxylation sites is 4. The van der Waals surface area contributed by atoms with E-state index in [1.807, 2.05) is 48.5 Å². The van der Waals surface area contributed by atoms with Gasteiger partial charge in [0.25, 0.3) is 0 Å². The standard InChI is InChI=1S/C66H41N7/c67-40-46-36-65(47(41-68)35-54(46)42-27-29-44(30-28-42)58-39-57(43-15-3-1-4-16-43)69-66(70-58)45-17-5-2-6-18-45)73-63-33-31-48(71-59-23-11-7-19-50(59)51-20-8-12-24-60(51)71)37-55(63)56-38-49(32-34-64(56)73)72-61-25-13-9-21-52(61)53-22-10-14-26-62(53)72/h1-39,57H,(H,69,70). The lowest BCUT2D eigenvalue weighted by Crippen LogP contribution is -2.31. The highest BCUT2D eigenvalue weighted by Crippen LogP contribution is 2.41. The molecule has 4 heterocycles. The van der Waals surface area contributed by atoms with Crippen molar-refractivity contribution in [2.24, 2.45) is 4.99 Å². The van der Waals surface area contributed by atoms with Gasteiger partial charge < -0.3 is 19.0 Å². The van der Waals surface area contributed by atoms with Gasteiger partial charge in [-0.2, -0.15) is 10.5 Å². The first kappa shape index (κ1) is 41.7. The van der Waals surface area contributed by atoms with Crippen molar-refractivity contribution in [1.82, 2.24) is 19.0 Å². The number of benzene rings is 10. The van der Waals surface area contributed by atoms with Crippen LogP contribution >= 0.6 is 0 Å². The van der Waals surface area contributed by atoms with Crippen molar-refractivity contribution >= 4 is 77.0 Å². The number of hydrogen-bond donors (Lipinski definition) is 1. The molecule has 0 bridgehead atoms. The Kier molecular flexibility index (Phi) is 9.57. The van der Waals surface area contributed by atoms with E-state index in [0.717, 1.165) is 89.0 Å². The highest BCUT2D eigenvalue weighted by molar-refractivity contribution is 6.14. The maximum Gasteiger partial charge on any atom is 0.134 e. The molecular weight excluding hydrogens is 891 g/mol. The highest BCUT2D eigenvalue weighted by atomic mass is 15.1. The van der Waals surface area contributed by atoms with Crippen LogP contribution in [0, 0.1) is 22.7 Å². The predicted molar refractivity (Wildman–Crippen MR) is 298 cm³/mol. The van der Waals surface area contributed by atoms with E-state index < -0.39 is 0 Å². The summed E-state index contributed by atoms with van der Waals surface area (Å²) in [6.45, 7) is 0. The van der Waals surface area contributed by atoms with E-state index in [4.69, 9.17) is 4.99 Å². The largest absolute Gasteiger partial charge is 0.359 e. The van der Waals surface area contributed by atoms with Crippen LogP contribution in [-0.4, -0.2) is 19.5 Å². The molecule has 1 unspecified atom stereocenters. The zero-order valence-corrected chi connectivity index (χ0v) is 39.3. The molecule has 340 valence electrons. The van der Waals surface area contributed by atoms with Crippen LogP contribution in [0.25, 0.3) is 99.3 Å². The fraction of sp³-hybridized carbons (Fsp3) is 0.0152. The molecule has 1 atom stereocenters. The van der Waals surface area contributed by atoms with E-state index in [2.05, 4.69) is 219 Å². The summed E-state index contributed by atoms with van der Waals surface area (Å²) in [6, 6.07) is 84.9. The Hall–Kier alpha value is -10.2. The van der Waals surface area contributed by atoms with Gasteiger partial charge in [0, 0.05) is 54.8 Å². The van der Waals surface area contributed by atoms with Gasteiger partial charge in [0.05, 0.1) is 67.7 Å². The van der Waals surface area contributed by atoms with E-state index in [-0.39, 0.29) is 6.04 Å². The molecule has 0 fully saturated rings. The second-order valence-corrected chi connectivity index (χ2v) is 18.6. The Balaban J connectivity index is 0.934. The minimum absolute atomic E-state index is 0.0826. The van der Waals surface area contributed by atoms with Crippen LogP contribution in [0.1, 0.15) is 33.9 Å². The van der Waals surface area contributed by atoms with Gasteiger partial charge in [0.15, 0.2) is 0 Å². The van der Waals surface area contributed by atoms with Crippen molar-refractivity contribution < 1.29 is 0 Å². The van der Waals surface area contributed by atoms with Crippen molar-refractivity contribution in [3.63, 3.8) is 0 Å². The Morgan fingerprint density at radius 3 is 1.34 bits per heavy atom. The van der Waals surface area contributed by atoms with Gasteiger partial charge in [-0.05, 0) is 95.6 Å². The van der Waals surface area contributed by atoms with Crippen molar-refractivity contribution in [3.8, 4) is 40.3 Å². The Morgan fingerprint density at radius 2 is 0.836 bits per heavy atom. The number of nitrogens with zero attached hydrogens (tertiary/aromatic N) is 6. The molecule has 13 aromatic rings. The summed E-state index contributed by atoms with van der Waals surface area (Å²) in [5, 5.41) is 32.5. The van der Waals surface area contributed by atoms with Crippen LogP contribution < -0.4 is 5.32 Å². The Morgan fingerprint density at radius 1 is 0.384 bits per heavy atom. The smallest absolute Gasteiger partial charge is 0.134 e. The molecule has 0 amide bonds. The van der Waals surface area contributed by atoms with Gasteiger partial charge in [-0.15, -0.1) is 0 Å². The summed E-state index contributed by atoms with van der Waals surface area (Å²) >= 11 is 0. The van der Waals surface area contributed by atoms with Crippen LogP contribution in [0.4, 0.5) is 0 Å². The van der Waals surface area contributed by atoms with Gasteiger partial charge in [-0.1, -0.05) is 158 Å². The topological polar surface area (TPSA) is 86.8 Å². The molecular formula is C66H41N7. The number of fused-ring (bicyclic) bond motifs is 9. The third-order valence-electron chi connectivity index (χ3n) is 14.6. The SMILES string of the molecule is N#Cc1cc(-n2c3ccc(-n4c5ccccc5c5ccccc54)cc3c3cc(-n4c5ccccc5c5ccccc54)ccc32)c(C#N)cc1-c1ccc(C2=CC(c3ccccc3)NC(c3ccccc3)=N2)cc1. The summed E-state index contributed by atoms with van der Waals surface area (Å²) < 4.78 is 6.85. The Labute approximate surface area is 420 Å². The molecule has 7 heteroatoms. The van der Waals surface area contributed by atoms with Crippen LogP contribution in [0.5, 0.6) is 0 Å². The summed E-state index contributed by atoms with van der Waals surface area (Å²) in [6.07, 6.45) is 2.16. The van der Waals surface area contributed by atoms with Crippen molar-refractivity contribution in [1.29, 1.82) is 10.5 Å². The number of nitrogens with one attached hydrogen (secondary N) is 1. The third kappa shape index (κ3) is 6.68. The van der Waals surface area contributed by atoms with Gasteiger partial charge >= 0.3 is 0 Å². The average molecular weight is 932 g/mol. The molecule has 0 saturated heterocycles. The van der Waals surface area contributed by atoms with Crippen molar-refractivity contribution in [3.05, 3.63) is 264 Å². The summed E-state index contributed by atoms with van der Waals surface area (Å²) in [4.78, 5) is 5.11. The predicted octanol–water partition coefficient (Wildman–Crippen LogP) is 15.5. The zero-order valence-electron chi connectivity index (χ0n) is 39.3. The van der Waals surface area contributed by atoms with E-state index in [0.29, 0.717) is 22.4 Å². The Bertz CT molecular complexity index is 4260. The maximum atomic E-state index is 11.1. The lowest BCUT2D eigenvalue weighted by molar-refractivity contribution is 0.781. The first-order valence-electron chi connectivity index (χ1n) is 24.4. The van der Waals surface area contributed by atoms with Gasteiger partial charge in [0.2, 0.25) is 0 Å². The number of hydrogen-bond acceptors (Lipinski definition) is 4. The van der Waals surface area contributed by atoms with Crippen molar-refractivity contribution in [2.75, 3.05) is 0 Å². The molecule has 0 saturated carbocycles. The number of nitriles is 2. The van der Waals surface area contributed by atoms with E-state index >= 15 is 0 Å². The number of aliphatic imine (C=N–C) groups is 1. The molecule has 0 spiro atoms. The van der Waals surface area contributed by atoms with Crippen molar-refractivity contribution in [2.45, 2.75) is 6.04 Å². The van der Waals surface area contributed by atoms with Crippen LogP contribution in [0.2, 0.25) is 0 Å². The highest BCUT2D eigenvalue weighted by Gasteiger charge is 2.23. The maximum absolute atomic E-state index is 11.1. The number of amidine groups is 1. The molecule has 1 aliphatic heterocycles. The summed E-state index contributed by atoms with van der Waals surface area (Å²) in [5.41, 5.74) is 15.4. The molecule has 73 heavy (non-hydrogen) atoms. The minimum atomic E-state index is -0.0826. The van der Waals surface area contributed by atoms with E-state index in [1.165, 1.54) is 21.5 Å². The lowest BCUT2D eigenvalue weighted by Gasteiger charge is -2.24. The zero-order chi connectivity index (χ0) is 48.6. The quantitative estimate of drug-likeness (QED) is 0.173. The van der Waals surface area contributed by atoms with Crippen LogP contribution in [-0.2, 0) is 0 Å². The third-order valence-corrected chi connectivity index (χ3v) is 14.6.